The number of morpholine rings is 1. The summed E-state index contributed by atoms with van der Waals surface area (Å²) in [5.41, 5.74) is 0. The number of nitrogens with one attached hydrogen (secondary N) is 2. The van der Waals surface area contributed by atoms with Gasteiger partial charge in [0.1, 0.15) is 12.3 Å². The van der Waals surface area contributed by atoms with E-state index in [2.05, 4.69) is 15.5 Å². The molecule has 0 saturated carbocycles. The van der Waals surface area contributed by atoms with E-state index < -0.39 is 6.09 Å². The number of hydrogen-bond acceptors (Lipinski definition) is 5. The first-order valence-corrected chi connectivity index (χ1v) is 7.31. The highest BCUT2D eigenvalue weighted by molar-refractivity contribution is 5.82. The summed E-state index contributed by atoms with van der Waals surface area (Å²) in [6.45, 7) is 4.48. The summed E-state index contributed by atoms with van der Waals surface area (Å²) in [6, 6.07) is 8.69. The molecule has 0 spiro atoms. The molecule has 2 N–H and O–H groups in total. The van der Waals surface area contributed by atoms with Gasteiger partial charge < -0.3 is 20.1 Å². The van der Waals surface area contributed by atoms with Crippen LogP contribution in [0.3, 0.4) is 0 Å². The van der Waals surface area contributed by atoms with Gasteiger partial charge in [0, 0.05) is 26.2 Å². The highest BCUT2D eigenvalue weighted by Crippen LogP contribution is 2.07. The number of carbonyl (C=O) groups excluding carboxylic acids is 2. The molecule has 1 aliphatic heterocycles. The Balaban J connectivity index is 1.56. The number of hydrogen-bond donors (Lipinski definition) is 2. The van der Waals surface area contributed by atoms with Crippen LogP contribution in [-0.4, -0.2) is 62.8 Å². The van der Waals surface area contributed by atoms with E-state index >= 15 is 0 Å². The second-order valence-corrected chi connectivity index (χ2v) is 4.86. The van der Waals surface area contributed by atoms with Crippen molar-refractivity contribution in [1.82, 2.24) is 15.5 Å². The number of ether oxygens (including phenoxy) is 2. The molecule has 0 unspecified atom stereocenters. The van der Waals surface area contributed by atoms with Gasteiger partial charge >= 0.3 is 6.09 Å². The molecule has 1 aromatic carbocycles. The molecule has 120 valence electrons. The van der Waals surface area contributed by atoms with Crippen LogP contribution in [0.15, 0.2) is 30.3 Å². The monoisotopic (exact) mass is 307 g/mol. The lowest BCUT2D eigenvalue weighted by atomic mass is 10.3. The topological polar surface area (TPSA) is 79.9 Å². The lowest BCUT2D eigenvalue weighted by Crippen LogP contribution is -2.43. The van der Waals surface area contributed by atoms with Gasteiger partial charge in [-0.05, 0) is 12.1 Å². The number of carbonyl (C=O) groups is 2. The summed E-state index contributed by atoms with van der Waals surface area (Å²) in [5.74, 6) is 0.200. The van der Waals surface area contributed by atoms with E-state index in [-0.39, 0.29) is 12.5 Å². The quantitative estimate of drug-likeness (QED) is 0.786. The van der Waals surface area contributed by atoms with Crippen molar-refractivity contribution in [2.75, 3.05) is 45.9 Å². The molecule has 0 bridgehead atoms. The minimum absolute atomic E-state index is 0.102. The Hall–Kier alpha value is -2.12. The minimum Gasteiger partial charge on any atom is -0.410 e. The summed E-state index contributed by atoms with van der Waals surface area (Å²) in [6.07, 6.45) is -0.644. The maximum absolute atomic E-state index is 11.6. The summed E-state index contributed by atoms with van der Waals surface area (Å²) in [4.78, 5) is 25.3. The van der Waals surface area contributed by atoms with Gasteiger partial charge in [-0.1, -0.05) is 18.2 Å². The van der Waals surface area contributed by atoms with Gasteiger partial charge in [-0.25, -0.2) is 4.79 Å². The van der Waals surface area contributed by atoms with Crippen LogP contribution in [0, 0.1) is 0 Å². The Morgan fingerprint density at radius 3 is 2.59 bits per heavy atom. The summed E-state index contributed by atoms with van der Waals surface area (Å²) in [5, 5.41) is 5.17. The van der Waals surface area contributed by atoms with Crippen molar-refractivity contribution in [1.29, 1.82) is 0 Å². The first-order valence-electron chi connectivity index (χ1n) is 7.31. The van der Waals surface area contributed by atoms with Crippen molar-refractivity contribution < 1.29 is 19.1 Å². The predicted octanol–water partition coefficient (Wildman–Crippen LogP) is 0.223. The third-order valence-electron chi connectivity index (χ3n) is 3.20. The van der Waals surface area contributed by atoms with Crippen LogP contribution in [0.1, 0.15) is 0 Å². The first-order chi connectivity index (χ1) is 10.7. The van der Waals surface area contributed by atoms with Crippen molar-refractivity contribution in [3.8, 4) is 5.75 Å². The maximum Gasteiger partial charge on any atom is 0.413 e. The summed E-state index contributed by atoms with van der Waals surface area (Å²) >= 11 is 0. The van der Waals surface area contributed by atoms with E-state index in [1.165, 1.54) is 0 Å². The van der Waals surface area contributed by atoms with Crippen molar-refractivity contribution in [2.24, 2.45) is 0 Å². The Bertz CT molecular complexity index is 475. The third-order valence-corrected chi connectivity index (χ3v) is 3.20. The Labute approximate surface area is 129 Å². The molecule has 7 nitrogen and oxygen atoms in total. The second-order valence-electron chi connectivity index (χ2n) is 4.86. The Morgan fingerprint density at radius 2 is 1.86 bits per heavy atom. The largest absolute Gasteiger partial charge is 0.413 e. The molecular weight excluding hydrogens is 286 g/mol. The molecule has 2 rings (SSSR count). The van der Waals surface area contributed by atoms with Crippen molar-refractivity contribution >= 4 is 12.0 Å². The second kappa shape index (κ2) is 9.01. The van der Waals surface area contributed by atoms with Gasteiger partial charge in [-0.3, -0.25) is 9.69 Å². The minimum atomic E-state index is -0.644. The summed E-state index contributed by atoms with van der Waals surface area (Å²) in [7, 11) is 0. The fourth-order valence-corrected chi connectivity index (χ4v) is 2.02. The molecule has 0 radical (unpaired) electrons. The standard InChI is InChI=1S/C15H21N3O4/c19-14(16-6-7-18-8-10-21-11-9-18)12-17-15(20)22-13-4-2-1-3-5-13/h1-5H,6-12H2,(H,16,19)(H,17,20). The van der Waals surface area contributed by atoms with Crippen LogP contribution in [0.2, 0.25) is 0 Å². The zero-order valence-electron chi connectivity index (χ0n) is 12.4. The number of amides is 2. The number of benzene rings is 1. The normalized spacial score (nSPS) is 15.1. The van der Waals surface area contributed by atoms with E-state index in [0.717, 1.165) is 32.8 Å². The molecule has 7 heteroatoms. The van der Waals surface area contributed by atoms with Crippen LogP contribution in [0.25, 0.3) is 0 Å². The molecule has 0 aliphatic carbocycles. The van der Waals surface area contributed by atoms with Gasteiger partial charge in [0.25, 0.3) is 0 Å². The van der Waals surface area contributed by atoms with E-state index in [1.54, 1.807) is 24.3 Å². The highest BCUT2D eigenvalue weighted by atomic mass is 16.6. The van der Waals surface area contributed by atoms with E-state index in [0.29, 0.717) is 12.3 Å². The Kier molecular flexibility index (Phi) is 6.66. The van der Waals surface area contributed by atoms with Gasteiger partial charge in [-0.2, -0.15) is 0 Å². The molecule has 1 saturated heterocycles. The van der Waals surface area contributed by atoms with E-state index in [1.807, 2.05) is 6.07 Å². The van der Waals surface area contributed by atoms with Crippen molar-refractivity contribution in [2.45, 2.75) is 0 Å². The lowest BCUT2D eigenvalue weighted by Gasteiger charge is -2.26. The number of para-hydroxylation sites is 1. The molecule has 0 atom stereocenters. The molecule has 0 aromatic heterocycles. The first kappa shape index (κ1) is 16.3. The molecule has 1 aliphatic rings. The molecule has 1 heterocycles. The highest BCUT2D eigenvalue weighted by Gasteiger charge is 2.11. The summed E-state index contributed by atoms with van der Waals surface area (Å²) < 4.78 is 10.3. The average molecular weight is 307 g/mol. The van der Waals surface area contributed by atoms with Crippen LogP contribution < -0.4 is 15.4 Å². The maximum atomic E-state index is 11.6. The van der Waals surface area contributed by atoms with Crippen molar-refractivity contribution in [3.63, 3.8) is 0 Å². The average Bonchev–Trinajstić information content (AvgIpc) is 2.55. The predicted molar refractivity (Wildman–Crippen MR) is 80.7 cm³/mol. The van der Waals surface area contributed by atoms with Crippen LogP contribution in [0.4, 0.5) is 4.79 Å². The fourth-order valence-electron chi connectivity index (χ4n) is 2.02. The van der Waals surface area contributed by atoms with Crippen LogP contribution >= 0.6 is 0 Å². The zero-order chi connectivity index (χ0) is 15.6. The SMILES string of the molecule is O=C(CNC(=O)Oc1ccccc1)NCCN1CCOCC1. The molecule has 2 amide bonds. The van der Waals surface area contributed by atoms with Crippen LogP contribution in [0.5, 0.6) is 5.75 Å². The van der Waals surface area contributed by atoms with Crippen molar-refractivity contribution in [3.05, 3.63) is 30.3 Å². The third kappa shape index (κ3) is 6.11. The van der Waals surface area contributed by atoms with E-state index in [9.17, 15) is 9.59 Å². The van der Waals surface area contributed by atoms with Gasteiger partial charge in [0.2, 0.25) is 5.91 Å². The smallest absolute Gasteiger partial charge is 0.410 e. The zero-order valence-corrected chi connectivity index (χ0v) is 12.4. The fraction of sp³-hybridized carbons (Fsp3) is 0.467. The molecule has 22 heavy (non-hydrogen) atoms. The van der Waals surface area contributed by atoms with Gasteiger partial charge in [0.15, 0.2) is 0 Å². The molecule has 1 aromatic rings. The van der Waals surface area contributed by atoms with Gasteiger partial charge in [0.05, 0.1) is 13.2 Å². The number of rotatable bonds is 6. The van der Waals surface area contributed by atoms with Gasteiger partial charge in [-0.15, -0.1) is 0 Å². The van der Waals surface area contributed by atoms with E-state index in [4.69, 9.17) is 9.47 Å². The Morgan fingerprint density at radius 1 is 1.14 bits per heavy atom. The number of nitrogens with zero attached hydrogens (tertiary/aromatic N) is 1. The lowest BCUT2D eigenvalue weighted by molar-refractivity contribution is -0.120. The molecule has 1 fully saturated rings. The molecular formula is C15H21N3O4. The van der Waals surface area contributed by atoms with Crippen LogP contribution in [-0.2, 0) is 9.53 Å².